The Balaban J connectivity index is 1.72. The van der Waals surface area contributed by atoms with Crippen molar-refractivity contribution in [3.63, 3.8) is 0 Å². The summed E-state index contributed by atoms with van der Waals surface area (Å²) in [6, 6.07) is 5.33. The van der Waals surface area contributed by atoms with Crippen molar-refractivity contribution in [1.29, 1.82) is 0 Å². The second-order valence-corrected chi connectivity index (χ2v) is 6.24. The Morgan fingerprint density at radius 3 is 2.95 bits per heavy atom. The maximum Gasteiger partial charge on any atom is 0.165 e. The van der Waals surface area contributed by atoms with Gasteiger partial charge in [-0.1, -0.05) is 12.5 Å². The number of ether oxygens (including phenoxy) is 2. The van der Waals surface area contributed by atoms with E-state index in [2.05, 4.69) is 4.90 Å². The zero-order valence-corrected chi connectivity index (χ0v) is 13.0. The fourth-order valence-electron chi connectivity index (χ4n) is 3.71. The van der Waals surface area contributed by atoms with Gasteiger partial charge in [-0.2, -0.15) is 0 Å². The molecule has 0 spiro atoms. The maximum absolute atomic E-state index is 13.9. The second-order valence-electron chi connectivity index (χ2n) is 6.24. The van der Waals surface area contributed by atoms with Crippen molar-refractivity contribution in [2.24, 2.45) is 5.92 Å². The monoisotopic (exact) mass is 309 g/mol. The first-order valence-corrected chi connectivity index (χ1v) is 8.01. The Morgan fingerprint density at radius 2 is 2.27 bits per heavy atom. The first-order valence-electron chi connectivity index (χ1n) is 8.01. The molecule has 3 atom stereocenters. The van der Waals surface area contributed by atoms with Crippen LogP contribution in [0.15, 0.2) is 18.2 Å². The van der Waals surface area contributed by atoms with E-state index in [9.17, 15) is 9.50 Å². The van der Waals surface area contributed by atoms with E-state index >= 15 is 0 Å². The summed E-state index contributed by atoms with van der Waals surface area (Å²) in [5.74, 6) is 0.211. The zero-order chi connectivity index (χ0) is 15.5. The van der Waals surface area contributed by atoms with E-state index in [4.69, 9.17) is 9.47 Å². The molecule has 3 rings (SSSR count). The van der Waals surface area contributed by atoms with E-state index < -0.39 is 0 Å². The standard InChI is InChI=1S/C17H24FNO3/c1-21-17-6-5-12(9-14(17)18)10-19-7-8-22-11-15(19)13-3-2-4-16(13)20/h5-6,9,13,15-16,20H,2-4,7-8,10-11H2,1H3. The van der Waals surface area contributed by atoms with Crippen molar-refractivity contribution >= 4 is 0 Å². The fraction of sp³-hybridized carbons (Fsp3) is 0.647. The second kappa shape index (κ2) is 6.94. The van der Waals surface area contributed by atoms with Crippen molar-refractivity contribution < 1.29 is 19.0 Å². The summed E-state index contributed by atoms with van der Waals surface area (Å²) in [4.78, 5) is 2.32. The van der Waals surface area contributed by atoms with Crippen LogP contribution in [0.1, 0.15) is 24.8 Å². The van der Waals surface area contributed by atoms with Gasteiger partial charge in [0.25, 0.3) is 0 Å². The number of halogens is 1. The summed E-state index contributed by atoms with van der Waals surface area (Å²) in [5, 5.41) is 10.2. The molecule has 122 valence electrons. The van der Waals surface area contributed by atoms with E-state index in [1.165, 1.54) is 13.2 Å². The molecular formula is C17H24FNO3. The number of aliphatic hydroxyl groups is 1. The molecule has 3 unspecified atom stereocenters. The molecule has 0 amide bonds. The third kappa shape index (κ3) is 3.26. The molecule has 0 aromatic heterocycles. The topological polar surface area (TPSA) is 41.9 Å². The smallest absolute Gasteiger partial charge is 0.165 e. The summed E-state index contributed by atoms with van der Waals surface area (Å²) >= 11 is 0. The van der Waals surface area contributed by atoms with Crippen molar-refractivity contribution in [3.05, 3.63) is 29.6 Å². The third-order valence-corrected chi connectivity index (χ3v) is 4.91. The molecule has 1 N–H and O–H groups in total. The third-order valence-electron chi connectivity index (χ3n) is 4.91. The van der Waals surface area contributed by atoms with Gasteiger partial charge in [-0.05, 0) is 30.5 Å². The highest BCUT2D eigenvalue weighted by Crippen LogP contribution is 2.33. The highest BCUT2D eigenvalue weighted by molar-refractivity contribution is 5.29. The van der Waals surface area contributed by atoms with Crippen LogP contribution in [0.2, 0.25) is 0 Å². The quantitative estimate of drug-likeness (QED) is 0.926. The van der Waals surface area contributed by atoms with Crippen LogP contribution < -0.4 is 4.74 Å². The van der Waals surface area contributed by atoms with Crippen molar-refractivity contribution in [1.82, 2.24) is 4.90 Å². The van der Waals surface area contributed by atoms with Crippen LogP contribution in [0.3, 0.4) is 0 Å². The normalized spacial score (nSPS) is 29.7. The largest absolute Gasteiger partial charge is 0.494 e. The van der Waals surface area contributed by atoms with Crippen LogP contribution >= 0.6 is 0 Å². The number of methoxy groups -OCH3 is 1. The SMILES string of the molecule is COc1ccc(CN2CCOCC2C2CCCC2O)cc1F. The number of hydrogen-bond acceptors (Lipinski definition) is 4. The minimum absolute atomic E-state index is 0.219. The Morgan fingerprint density at radius 1 is 1.41 bits per heavy atom. The average Bonchev–Trinajstić information content (AvgIpc) is 2.94. The van der Waals surface area contributed by atoms with Crippen LogP contribution in [0.25, 0.3) is 0 Å². The molecule has 2 aliphatic rings. The predicted molar refractivity (Wildman–Crippen MR) is 81.3 cm³/mol. The molecule has 2 fully saturated rings. The minimum Gasteiger partial charge on any atom is -0.494 e. The molecule has 1 aliphatic heterocycles. The summed E-state index contributed by atoms with van der Waals surface area (Å²) in [7, 11) is 1.47. The van der Waals surface area contributed by atoms with Gasteiger partial charge in [0.15, 0.2) is 11.6 Å². The number of rotatable bonds is 4. The summed E-state index contributed by atoms with van der Waals surface area (Å²) in [6.07, 6.45) is 2.77. The molecule has 1 saturated carbocycles. The van der Waals surface area contributed by atoms with E-state index in [0.717, 1.165) is 31.4 Å². The number of hydrogen-bond donors (Lipinski definition) is 1. The lowest BCUT2D eigenvalue weighted by molar-refractivity contribution is -0.0536. The molecule has 1 aromatic rings. The van der Waals surface area contributed by atoms with E-state index in [1.54, 1.807) is 6.07 Å². The van der Waals surface area contributed by atoms with Gasteiger partial charge in [0, 0.05) is 25.0 Å². The van der Waals surface area contributed by atoms with E-state index in [-0.39, 0.29) is 29.6 Å². The molecular weight excluding hydrogens is 285 g/mol. The first kappa shape index (κ1) is 15.7. The van der Waals surface area contributed by atoms with E-state index in [0.29, 0.717) is 19.8 Å². The molecule has 5 heteroatoms. The van der Waals surface area contributed by atoms with Crippen LogP contribution in [0, 0.1) is 11.7 Å². The summed E-state index contributed by atoms with van der Waals surface area (Å²) in [5.41, 5.74) is 0.928. The molecule has 1 saturated heterocycles. The highest BCUT2D eigenvalue weighted by Gasteiger charge is 2.37. The van der Waals surface area contributed by atoms with Gasteiger partial charge in [-0.15, -0.1) is 0 Å². The number of aliphatic hydroxyl groups excluding tert-OH is 1. The molecule has 1 heterocycles. The molecule has 0 radical (unpaired) electrons. The predicted octanol–water partition coefficient (Wildman–Crippen LogP) is 2.20. The summed E-state index contributed by atoms with van der Waals surface area (Å²) < 4.78 is 24.4. The Hall–Kier alpha value is -1.17. The van der Waals surface area contributed by atoms with Crippen molar-refractivity contribution in [2.75, 3.05) is 26.9 Å². The number of nitrogens with zero attached hydrogens (tertiary/aromatic N) is 1. The van der Waals surface area contributed by atoms with Crippen molar-refractivity contribution in [2.45, 2.75) is 38.0 Å². The van der Waals surface area contributed by atoms with Gasteiger partial charge < -0.3 is 14.6 Å². The zero-order valence-electron chi connectivity index (χ0n) is 13.0. The molecule has 1 aliphatic carbocycles. The van der Waals surface area contributed by atoms with Gasteiger partial charge in [0.2, 0.25) is 0 Å². The van der Waals surface area contributed by atoms with Gasteiger partial charge in [-0.25, -0.2) is 4.39 Å². The lowest BCUT2D eigenvalue weighted by Gasteiger charge is -2.40. The minimum atomic E-state index is -0.328. The lowest BCUT2D eigenvalue weighted by atomic mass is 9.94. The van der Waals surface area contributed by atoms with Crippen molar-refractivity contribution in [3.8, 4) is 5.75 Å². The van der Waals surface area contributed by atoms with Crippen LogP contribution in [0.4, 0.5) is 4.39 Å². The van der Waals surface area contributed by atoms with Gasteiger partial charge >= 0.3 is 0 Å². The van der Waals surface area contributed by atoms with Crippen LogP contribution in [-0.2, 0) is 11.3 Å². The Kier molecular flexibility index (Phi) is 4.96. The maximum atomic E-state index is 13.9. The first-order chi connectivity index (χ1) is 10.7. The molecule has 1 aromatic carbocycles. The van der Waals surface area contributed by atoms with E-state index in [1.807, 2.05) is 6.07 Å². The van der Waals surface area contributed by atoms with Gasteiger partial charge in [0.1, 0.15) is 0 Å². The molecule has 0 bridgehead atoms. The van der Waals surface area contributed by atoms with Crippen LogP contribution in [0.5, 0.6) is 5.75 Å². The Bertz CT molecular complexity index is 511. The van der Waals surface area contributed by atoms with Gasteiger partial charge in [-0.3, -0.25) is 4.90 Å². The number of benzene rings is 1. The highest BCUT2D eigenvalue weighted by atomic mass is 19.1. The lowest BCUT2D eigenvalue weighted by Crippen LogP contribution is -2.50. The fourth-order valence-corrected chi connectivity index (χ4v) is 3.71. The summed E-state index contributed by atoms with van der Waals surface area (Å²) in [6.45, 7) is 2.85. The molecule has 4 nitrogen and oxygen atoms in total. The van der Waals surface area contributed by atoms with Gasteiger partial charge in [0.05, 0.1) is 26.4 Å². The molecule has 22 heavy (non-hydrogen) atoms. The average molecular weight is 309 g/mol. The van der Waals surface area contributed by atoms with Crippen LogP contribution in [-0.4, -0.2) is 49.0 Å². The number of morpholine rings is 1. The Labute approximate surface area is 130 Å².